The smallest absolute Gasteiger partial charge is 0.277 e. The van der Waals surface area contributed by atoms with Crippen LogP contribution in [0.15, 0.2) is 71.8 Å². The minimum atomic E-state index is -0.376. The fraction of sp³-hybridized carbons (Fsp3) is 0.259. The SMILES string of the molecule is CCCCOc1ccc(OCC(=O)N/N=C\c2ccc(OCc3ccc(Cl)cc3)c(OC)c2)cc1. The number of rotatable bonds is 13. The van der Waals surface area contributed by atoms with E-state index in [0.29, 0.717) is 35.5 Å². The van der Waals surface area contributed by atoms with Gasteiger partial charge in [-0.05, 0) is 72.1 Å². The predicted molar refractivity (Wildman–Crippen MR) is 137 cm³/mol. The van der Waals surface area contributed by atoms with Crippen LogP contribution in [0.25, 0.3) is 0 Å². The third kappa shape index (κ3) is 8.87. The van der Waals surface area contributed by atoms with E-state index < -0.39 is 0 Å². The third-order valence-electron chi connectivity index (χ3n) is 4.86. The van der Waals surface area contributed by atoms with Crippen LogP contribution in [0, 0.1) is 0 Å². The summed E-state index contributed by atoms with van der Waals surface area (Å²) in [5, 5.41) is 4.66. The van der Waals surface area contributed by atoms with Gasteiger partial charge in [-0.3, -0.25) is 4.79 Å². The molecule has 0 atom stereocenters. The number of amides is 1. The van der Waals surface area contributed by atoms with Gasteiger partial charge in [0.15, 0.2) is 18.1 Å². The number of hydrogen-bond acceptors (Lipinski definition) is 6. The van der Waals surface area contributed by atoms with Gasteiger partial charge in [0.2, 0.25) is 0 Å². The molecule has 3 aromatic carbocycles. The van der Waals surface area contributed by atoms with Crippen LogP contribution < -0.4 is 24.4 Å². The van der Waals surface area contributed by atoms with Gasteiger partial charge in [0.1, 0.15) is 18.1 Å². The standard InChI is InChI=1S/C27H29ClN2O5/c1-3-4-15-33-23-10-12-24(13-11-23)34-19-27(31)30-29-17-21-7-14-25(26(16-21)32-2)35-18-20-5-8-22(28)9-6-20/h5-14,16-17H,3-4,15,18-19H2,1-2H3,(H,30,31)/b29-17-. The first-order valence-corrected chi connectivity index (χ1v) is 11.7. The van der Waals surface area contributed by atoms with Gasteiger partial charge >= 0.3 is 0 Å². The van der Waals surface area contributed by atoms with E-state index in [-0.39, 0.29) is 12.5 Å². The number of halogens is 1. The molecule has 3 rings (SSSR count). The average Bonchev–Trinajstić information content (AvgIpc) is 2.88. The van der Waals surface area contributed by atoms with E-state index >= 15 is 0 Å². The average molecular weight is 497 g/mol. The van der Waals surface area contributed by atoms with Gasteiger partial charge in [0, 0.05) is 5.02 Å². The van der Waals surface area contributed by atoms with Crippen molar-refractivity contribution >= 4 is 23.7 Å². The summed E-state index contributed by atoms with van der Waals surface area (Å²) in [6.45, 7) is 3.02. The Morgan fingerprint density at radius 1 is 0.943 bits per heavy atom. The Morgan fingerprint density at radius 2 is 1.66 bits per heavy atom. The lowest BCUT2D eigenvalue weighted by Gasteiger charge is -2.11. The van der Waals surface area contributed by atoms with Crippen molar-refractivity contribution in [2.75, 3.05) is 20.3 Å². The Kier molecular flexibility index (Phi) is 10.3. The van der Waals surface area contributed by atoms with Crippen LogP contribution in [0.5, 0.6) is 23.0 Å². The Labute approximate surface area is 210 Å². The zero-order valence-corrected chi connectivity index (χ0v) is 20.6. The van der Waals surface area contributed by atoms with Crippen molar-refractivity contribution in [2.24, 2.45) is 5.10 Å². The van der Waals surface area contributed by atoms with Gasteiger partial charge in [-0.1, -0.05) is 37.1 Å². The maximum atomic E-state index is 12.0. The molecule has 1 amide bonds. The number of carbonyl (C=O) groups excluding carboxylic acids is 1. The maximum Gasteiger partial charge on any atom is 0.277 e. The first-order chi connectivity index (χ1) is 17.1. The quantitative estimate of drug-likeness (QED) is 0.188. The number of nitrogens with zero attached hydrogens (tertiary/aromatic N) is 1. The molecule has 0 radical (unpaired) electrons. The first kappa shape index (κ1) is 25.9. The molecule has 0 fully saturated rings. The second kappa shape index (κ2) is 13.9. The molecule has 0 spiro atoms. The lowest BCUT2D eigenvalue weighted by Crippen LogP contribution is -2.24. The summed E-state index contributed by atoms with van der Waals surface area (Å²) < 4.78 is 22.4. The summed E-state index contributed by atoms with van der Waals surface area (Å²) in [6, 6.07) is 20.0. The van der Waals surface area contributed by atoms with E-state index in [9.17, 15) is 4.79 Å². The lowest BCUT2D eigenvalue weighted by molar-refractivity contribution is -0.123. The molecule has 8 heteroatoms. The molecule has 0 aliphatic rings. The molecule has 3 aromatic rings. The van der Waals surface area contributed by atoms with E-state index in [2.05, 4.69) is 17.5 Å². The summed E-state index contributed by atoms with van der Waals surface area (Å²) >= 11 is 5.91. The minimum Gasteiger partial charge on any atom is -0.494 e. The summed E-state index contributed by atoms with van der Waals surface area (Å²) in [7, 11) is 1.56. The number of ether oxygens (including phenoxy) is 4. The van der Waals surface area contributed by atoms with Crippen molar-refractivity contribution in [1.82, 2.24) is 5.43 Å². The van der Waals surface area contributed by atoms with E-state index in [1.165, 1.54) is 6.21 Å². The summed E-state index contributed by atoms with van der Waals surface area (Å²) in [6.07, 6.45) is 3.61. The van der Waals surface area contributed by atoms with Crippen LogP contribution in [0.3, 0.4) is 0 Å². The number of unbranched alkanes of at least 4 members (excludes halogenated alkanes) is 1. The normalized spacial score (nSPS) is 10.7. The monoisotopic (exact) mass is 496 g/mol. The minimum absolute atomic E-state index is 0.159. The van der Waals surface area contributed by atoms with Gasteiger partial charge in [0.05, 0.1) is 19.9 Å². The lowest BCUT2D eigenvalue weighted by atomic mass is 10.2. The fourth-order valence-electron chi connectivity index (χ4n) is 2.95. The highest BCUT2D eigenvalue weighted by Crippen LogP contribution is 2.28. The van der Waals surface area contributed by atoms with E-state index in [1.807, 2.05) is 42.5 Å². The van der Waals surface area contributed by atoms with Crippen LogP contribution in [-0.4, -0.2) is 32.4 Å². The zero-order chi connectivity index (χ0) is 24.9. The molecule has 35 heavy (non-hydrogen) atoms. The van der Waals surface area contributed by atoms with E-state index in [0.717, 1.165) is 29.7 Å². The van der Waals surface area contributed by atoms with Crippen molar-refractivity contribution in [3.05, 3.63) is 82.9 Å². The zero-order valence-electron chi connectivity index (χ0n) is 19.8. The van der Waals surface area contributed by atoms with E-state index in [1.54, 1.807) is 31.4 Å². The molecule has 184 valence electrons. The van der Waals surface area contributed by atoms with Crippen molar-refractivity contribution in [3.63, 3.8) is 0 Å². The number of methoxy groups -OCH3 is 1. The Hall–Kier alpha value is -3.71. The molecule has 0 unspecified atom stereocenters. The van der Waals surface area contributed by atoms with Crippen molar-refractivity contribution in [3.8, 4) is 23.0 Å². The molecule has 0 bridgehead atoms. The highest BCUT2D eigenvalue weighted by molar-refractivity contribution is 6.30. The molecule has 0 heterocycles. The summed E-state index contributed by atoms with van der Waals surface area (Å²) in [5.74, 6) is 2.13. The largest absolute Gasteiger partial charge is 0.494 e. The van der Waals surface area contributed by atoms with Crippen molar-refractivity contribution in [2.45, 2.75) is 26.4 Å². The molecule has 0 aliphatic carbocycles. The van der Waals surface area contributed by atoms with Crippen molar-refractivity contribution in [1.29, 1.82) is 0 Å². The molecule has 7 nitrogen and oxygen atoms in total. The number of hydrazone groups is 1. The number of nitrogens with one attached hydrogen (secondary N) is 1. The second-order valence-electron chi connectivity index (χ2n) is 7.58. The Balaban J connectivity index is 1.45. The highest BCUT2D eigenvalue weighted by Gasteiger charge is 2.07. The Bertz CT molecular complexity index is 1100. The van der Waals surface area contributed by atoms with E-state index in [4.69, 9.17) is 30.5 Å². The van der Waals surface area contributed by atoms with Crippen LogP contribution in [0.2, 0.25) is 5.02 Å². The molecule has 0 saturated heterocycles. The van der Waals surface area contributed by atoms with Gasteiger partial charge in [-0.2, -0.15) is 5.10 Å². The molecule has 0 aromatic heterocycles. The first-order valence-electron chi connectivity index (χ1n) is 11.3. The molecular formula is C27H29ClN2O5. The number of hydrogen-bond donors (Lipinski definition) is 1. The fourth-order valence-corrected chi connectivity index (χ4v) is 3.08. The van der Waals surface area contributed by atoms with Crippen LogP contribution in [0.1, 0.15) is 30.9 Å². The Morgan fingerprint density at radius 3 is 2.34 bits per heavy atom. The predicted octanol–water partition coefficient (Wildman–Crippen LogP) is 5.64. The molecule has 0 saturated carbocycles. The highest BCUT2D eigenvalue weighted by atomic mass is 35.5. The van der Waals surface area contributed by atoms with Crippen molar-refractivity contribution < 1.29 is 23.7 Å². The van der Waals surface area contributed by atoms with Gasteiger partial charge in [-0.15, -0.1) is 0 Å². The van der Waals surface area contributed by atoms with Crippen LogP contribution in [-0.2, 0) is 11.4 Å². The molecule has 0 aliphatic heterocycles. The summed E-state index contributed by atoms with van der Waals surface area (Å²) in [5.41, 5.74) is 4.17. The van der Waals surface area contributed by atoms with Crippen LogP contribution in [0.4, 0.5) is 0 Å². The van der Waals surface area contributed by atoms with Gasteiger partial charge in [-0.25, -0.2) is 5.43 Å². The van der Waals surface area contributed by atoms with Gasteiger partial charge in [0.25, 0.3) is 5.91 Å². The number of carbonyl (C=O) groups is 1. The van der Waals surface area contributed by atoms with Gasteiger partial charge < -0.3 is 18.9 Å². The topological polar surface area (TPSA) is 78.4 Å². The van der Waals surface area contributed by atoms with Crippen LogP contribution >= 0.6 is 11.6 Å². The third-order valence-corrected chi connectivity index (χ3v) is 5.11. The number of benzene rings is 3. The molecular weight excluding hydrogens is 468 g/mol. The summed E-state index contributed by atoms with van der Waals surface area (Å²) in [4.78, 5) is 12.0. The maximum absolute atomic E-state index is 12.0. The second-order valence-corrected chi connectivity index (χ2v) is 8.02. The molecule has 1 N–H and O–H groups in total.